The number of hydrogen-bond donors (Lipinski definition) is 2. The zero-order valence-electron chi connectivity index (χ0n) is 11.5. The fourth-order valence-corrected chi connectivity index (χ4v) is 1.35. The molecule has 2 atom stereocenters. The Kier molecular flexibility index (Phi) is 9.02. The summed E-state index contributed by atoms with van der Waals surface area (Å²) in [6.07, 6.45) is 1.71. The SMILES string of the molecule is C=CC(=O)OC(C)CCCOC(=O)[C@@H](N)CCC(=O)O. The van der Waals surface area contributed by atoms with Gasteiger partial charge in [0, 0.05) is 12.5 Å². The van der Waals surface area contributed by atoms with E-state index in [-0.39, 0.29) is 25.6 Å². The Morgan fingerprint density at radius 2 is 2.00 bits per heavy atom. The van der Waals surface area contributed by atoms with Gasteiger partial charge in [0.15, 0.2) is 0 Å². The molecule has 0 heterocycles. The quantitative estimate of drug-likeness (QED) is 0.343. The molecule has 0 spiro atoms. The number of nitrogens with two attached hydrogens (primary N) is 1. The molecule has 0 amide bonds. The summed E-state index contributed by atoms with van der Waals surface area (Å²) >= 11 is 0. The average Bonchev–Trinajstić information content (AvgIpc) is 2.40. The maximum Gasteiger partial charge on any atom is 0.330 e. The maximum absolute atomic E-state index is 11.4. The minimum atomic E-state index is -1.01. The fourth-order valence-electron chi connectivity index (χ4n) is 1.35. The van der Waals surface area contributed by atoms with Gasteiger partial charge in [-0.1, -0.05) is 6.58 Å². The van der Waals surface area contributed by atoms with Crippen LogP contribution in [0, 0.1) is 0 Å². The molecule has 0 aromatic heterocycles. The molecular formula is C13H21NO6. The number of carbonyl (C=O) groups is 3. The number of rotatable bonds is 10. The highest BCUT2D eigenvalue weighted by atomic mass is 16.5. The number of carbonyl (C=O) groups excluding carboxylic acids is 2. The van der Waals surface area contributed by atoms with Crippen LogP contribution in [0.2, 0.25) is 0 Å². The second-order valence-electron chi connectivity index (χ2n) is 4.30. The molecule has 0 radical (unpaired) electrons. The van der Waals surface area contributed by atoms with E-state index in [1.54, 1.807) is 6.92 Å². The summed E-state index contributed by atoms with van der Waals surface area (Å²) in [5.41, 5.74) is 5.47. The van der Waals surface area contributed by atoms with Crippen molar-refractivity contribution in [2.24, 2.45) is 5.73 Å². The van der Waals surface area contributed by atoms with Crippen LogP contribution in [0.1, 0.15) is 32.6 Å². The van der Waals surface area contributed by atoms with E-state index < -0.39 is 23.9 Å². The molecule has 114 valence electrons. The Morgan fingerprint density at radius 3 is 2.55 bits per heavy atom. The summed E-state index contributed by atoms with van der Waals surface area (Å²) in [7, 11) is 0. The van der Waals surface area contributed by atoms with Crippen molar-refractivity contribution in [2.75, 3.05) is 6.61 Å². The van der Waals surface area contributed by atoms with Gasteiger partial charge in [0.05, 0.1) is 12.7 Å². The smallest absolute Gasteiger partial charge is 0.330 e. The van der Waals surface area contributed by atoms with Crippen LogP contribution in [0.3, 0.4) is 0 Å². The lowest BCUT2D eigenvalue weighted by molar-refractivity contribution is -0.147. The number of carboxylic acid groups (broad SMARTS) is 1. The molecule has 0 fully saturated rings. The van der Waals surface area contributed by atoms with Crippen molar-refractivity contribution in [3.05, 3.63) is 12.7 Å². The number of carboxylic acids is 1. The lowest BCUT2D eigenvalue weighted by Gasteiger charge is -2.13. The third kappa shape index (κ3) is 9.09. The first-order valence-corrected chi connectivity index (χ1v) is 6.33. The summed E-state index contributed by atoms with van der Waals surface area (Å²) in [4.78, 5) is 32.6. The van der Waals surface area contributed by atoms with E-state index >= 15 is 0 Å². The summed E-state index contributed by atoms with van der Waals surface area (Å²) in [6.45, 7) is 5.16. The van der Waals surface area contributed by atoms with Gasteiger partial charge in [0.25, 0.3) is 0 Å². The van der Waals surface area contributed by atoms with Crippen molar-refractivity contribution < 1.29 is 29.0 Å². The van der Waals surface area contributed by atoms with Crippen LogP contribution in [0.4, 0.5) is 0 Å². The van der Waals surface area contributed by atoms with Gasteiger partial charge < -0.3 is 20.3 Å². The van der Waals surface area contributed by atoms with E-state index in [2.05, 4.69) is 6.58 Å². The van der Waals surface area contributed by atoms with Crippen LogP contribution < -0.4 is 5.73 Å². The molecular weight excluding hydrogens is 266 g/mol. The normalized spacial score (nSPS) is 13.1. The lowest BCUT2D eigenvalue weighted by Crippen LogP contribution is -2.33. The van der Waals surface area contributed by atoms with Gasteiger partial charge in [-0.3, -0.25) is 9.59 Å². The molecule has 1 unspecified atom stereocenters. The van der Waals surface area contributed by atoms with Crippen molar-refractivity contribution in [3.8, 4) is 0 Å². The van der Waals surface area contributed by atoms with Gasteiger partial charge in [0.2, 0.25) is 0 Å². The summed E-state index contributed by atoms with van der Waals surface area (Å²) in [5, 5.41) is 8.46. The molecule has 0 aromatic rings. The van der Waals surface area contributed by atoms with Crippen LogP contribution in [-0.4, -0.2) is 41.8 Å². The van der Waals surface area contributed by atoms with Gasteiger partial charge in [-0.15, -0.1) is 0 Å². The molecule has 7 nitrogen and oxygen atoms in total. The van der Waals surface area contributed by atoms with E-state index in [0.717, 1.165) is 6.08 Å². The zero-order chi connectivity index (χ0) is 15.5. The molecule has 0 aliphatic heterocycles. The number of hydrogen-bond acceptors (Lipinski definition) is 6. The van der Waals surface area contributed by atoms with Crippen molar-refractivity contribution in [2.45, 2.75) is 44.8 Å². The minimum Gasteiger partial charge on any atom is -0.481 e. The van der Waals surface area contributed by atoms with Gasteiger partial charge >= 0.3 is 17.9 Å². The Balaban J connectivity index is 3.72. The van der Waals surface area contributed by atoms with Crippen molar-refractivity contribution in [1.82, 2.24) is 0 Å². The molecule has 0 aliphatic carbocycles. The van der Waals surface area contributed by atoms with Crippen molar-refractivity contribution in [1.29, 1.82) is 0 Å². The standard InChI is InChI=1S/C13H21NO6/c1-3-12(17)20-9(2)5-4-8-19-13(18)10(14)6-7-11(15)16/h3,9-10H,1,4-8,14H2,2H3,(H,15,16)/t9?,10-/m0/s1. The molecule has 0 bridgehead atoms. The predicted octanol–water partition coefficient (Wildman–Crippen LogP) is 0.620. The highest BCUT2D eigenvalue weighted by Gasteiger charge is 2.16. The zero-order valence-corrected chi connectivity index (χ0v) is 11.5. The highest BCUT2D eigenvalue weighted by molar-refractivity contribution is 5.81. The van der Waals surface area contributed by atoms with Gasteiger partial charge in [-0.25, -0.2) is 4.79 Å². The Bertz CT molecular complexity index is 355. The summed E-state index contributed by atoms with van der Waals surface area (Å²) < 4.78 is 9.83. The number of ether oxygens (including phenoxy) is 2. The topological polar surface area (TPSA) is 116 Å². The Hall–Kier alpha value is -1.89. The van der Waals surface area contributed by atoms with Crippen molar-refractivity contribution >= 4 is 17.9 Å². The van der Waals surface area contributed by atoms with E-state index in [1.807, 2.05) is 0 Å². The first kappa shape index (κ1) is 18.1. The van der Waals surface area contributed by atoms with E-state index in [0.29, 0.717) is 12.8 Å². The second kappa shape index (κ2) is 9.96. The molecule has 0 saturated heterocycles. The van der Waals surface area contributed by atoms with Gasteiger partial charge in [-0.2, -0.15) is 0 Å². The Morgan fingerprint density at radius 1 is 1.35 bits per heavy atom. The van der Waals surface area contributed by atoms with Gasteiger partial charge in [-0.05, 0) is 26.2 Å². The average molecular weight is 287 g/mol. The summed E-state index contributed by atoms with van der Waals surface area (Å²) in [5.74, 6) is -2.13. The molecule has 7 heteroatoms. The summed E-state index contributed by atoms with van der Waals surface area (Å²) in [6, 6.07) is -0.929. The fraction of sp³-hybridized carbons (Fsp3) is 0.615. The molecule has 20 heavy (non-hydrogen) atoms. The monoisotopic (exact) mass is 287 g/mol. The third-order valence-corrected chi connectivity index (χ3v) is 2.46. The van der Waals surface area contributed by atoms with Crippen molar-refractivity contribution in [3.63, 3.8) is 0 Å². The van der Waals surface area contributed by atoms with E-state index in [1.165, 1.54) is 0 Å². The molecule has 0 saturated carbocycles. The van der Waals surface area contributed by atoms with Crippen LogP contribution >= 0.6 is 0 Å². The van der Waals surface area contributed by atoms with Crippen LogP contribution in [-0.2, 0) is 23.9 Å². The molecule has 0 rings (SSSR count). The third-order valence-electron chi connectivity index (χ3n) is 2.46. The van der Waals surface area contributed by atoms with Crippen LogP contribution in [0.15, 0.2) is 12.7 Å². The van der Waals surface area contributed by atoms with E-state index in [9.17, 15) is 14.4 Å². The Labute approximate surface area is 117 Å². The second-order valence-corrected chi connectivity index (χ2v) is 4.30. The molecule has 3 N–H and O–H groups in total. The minimum absolute atomic E-state index is 0.0432. The van der Waals surface area contributed by atoms with Crippen LogP contribution in [0.5, 0.6) is 0 Å². The van der Waals surface area contributed by atoms with Gasteiger partial charge in [0.1, 0.15) is 6.04 Å². The lowest BCUT2D eigenvalue weighted by atomic mass is 10.2. The number of aliphatic carboxylic acids is 1. The predicted molar refractivity (Wildman–Crippen MR) is 70.8 cm³/mol. The van der Waals surface area contributed by atoms with E-state index in [4.69, 9.17) is 20.3 Å². The molecule has 0 aliphatic rings. The maximum atomic E-state index is 11.4. The van der Waals surface area contributed by atoms with Crippen LogP contribution in [0.25, 0.3) is 0 Å². The first-order chi connectivity index (χ1) is 9.36. The molecule has 0 aromatic carbocycles. The number of esters is 2. The highest BCUT2D eigenvalue weighted by Crippen LogP contribution is 2.04. The first-order valence-electron chi connectivity index (χ1n) is 6.33. The largest absolute Gasteiger partial charge is 0.481 e.